The van der Waals surface area contributed by atoms with E-state index in [0.29, 0.717) is 29.1 Å². The largest absolute Gasteiger partial charge is 0.379 e. The fourth-order valence-electron chi connectivity index (χ4n) is 4.50. The smallest absolute Gasteiger partial charge is 0.220 e. The van der Waals surface area contributed by atoms with Crippen LogP contribution in [0.5, 0.6) is 0 Å². The molecule has 0 bridgehead atoms. The van der Waals surface area contributed by atoms with Gasteiger partial charge in [-0.15, -0.1) is 0 Å². The van der Waals surface area contributed by atoms with Crippen LogP contribution in [0.2, 0.25) is 10.0 Å². The number of hydrogen-bond acceptors (Lipinski definition) is 4. The Morgan fingerprint density at radius 1 is 1.19 bits per heavy atom. The second-order valence-corrected chi connectivity index (χ2v) is 8.81. The van der Waals surface area contributed by atoms with E-state index in [0.717, 1.165) is 58.8 Å². The van der Waals surface area contributed by atoms with Crippen molar-refractivity contribution in [2.24, 2.45) is 0 Å². The number of carbonyl (C=O) groups is 1. The maximum atomic E-state index is 11.7. The topological polar surface area (TPSA) is 44.8 Å². The van der Waals surface area contributed by atoms with Crippen molar-refractivity contribution in [2.75, 3.05) is 52.5 Å². The molecular formula is C20H27Cl2N3O2. The Balaban J connectivity index is 1.38. The van der Waals surface area contributed by atoms with E-state index in [1.54, 1.807) is 0 Å². The molecule has 5 nitrogen and oxygen atoms in total. The fraction of sp³-hybridized carbons (Fsp3) is 0.650. The van der Waals surface area contributed by atoms with Gasteiger partial charge >= 0.3 is 0 Å². The Morgan fingerprint density at radius 2 is 1.96 bits per heavy atom. The summed E-state index contributed by atoms with van der Waals surface area (Å²) >= 11 is 12.4. The number of hydrogen-bond donors (Lipinski definition) is 1. The van der Waals surface area contributed by atoms with Crippen molar-refractivity contribution >= 4 is 29.1 Å². The first-order valence-corrected chi connectivity index (χ1v) is 10.6. The highest BCUT2D eigenvalue weighted by atomic mass is 35.5. The molecule has 1 aromatic rings. The summed E-state index contributed by atoms with van der Waals surface area (Å²) in [5, 5.41) is 4.23. The minimum atomic E-state index is -0.0633. The van der Waals surface area contributed by atoms with Gasteiger partial charge in [0.1, 0.15) is 0 Å². The highest BCUT2D eigenvalue weighted by Crippen LogP contribution is 2.38. The van der Waals surface area contributed by atoms with Gasteiger partial charge in [0, 0.05) is 50.6 Å². The van der Waals surface area contributed by atoms with E-state index in [1.165, 1.54) is 5.56 Å². The minimum Gasteiger partial charge on any atom is -0.379 e. The molecule has 3 fully saturated rings. The number of ether oxygens (including phenoxy) is 1. The number of piperidine rings is 1. The van der Waals surface area contributed by atoms with E-state index in [4.69, 9.17) is 27.9 Å². The SMILES string of the molecule is O=C1CCC(CCN2CC(N3CCOCC3)C2)(c2ccc(Cl)c(Cl)c2)CN1. The van der Waals surface area contributed by atoms with Gasteiger partial charge in [-0.1, -0.05) is 29.3 Å². The first kappa shape index (κ1) is 19.5. The van der Waals surface area contributed by atoms with Crippen LogP contribution in [0.15, 0.2) is 18.2 Å². The van der Waals surface area contributed by atoms with Gasteiger partial charge in [-0.25, -0.2) is 0 Å². The molecule has 0 aliphatic carbocycles. The van der Waals surface area contributed by atoms with Crippen LogP contribution in [-0.4, -0.2) is 74.2 Å². The Hall–Kier alpha value is -0.850. The zero-order valence-corrected chi connectivity index (χ0v) is 17.1. The van der Waals surface area contributed by atoms with Crippen molar-refractivity contribution in [3.63, 3.8) is 0 Å². The lowest BCUT2D eigenvalue weighted by Gasteiger charge is -2.48. The normalized spacial score (nSPS) is 28.0. The maximum Gasteiger partial charge on any atom is 0.220 e. The van der Waals surface area contributed by atoms with Gasteiger partial charge in [-0.2, -0.15) is 0 Å². The van der Waals surface area contributed by atoms with Crippen molar-refractivity contribution in [2.45, 2.75) is 30.7 Å². The lowest BCUT2D eigenvalue weighted by molar-refractivity contribution is -0.123. The molecule has 3 saturated heterocycles. The van der Waals surface area contributed by atoms with Gasteiger partial charge in [0.05, 0.1) is 23.3 Å². The summed E-state index contributed by atoms with van der Waals surface area (Å²) in [6.07, 6.45) is 2.44. The summed E-state index contributed by atoms with van der Waals surface area (Å²) in [5.41, 5.74) is 1.12. The van der Waals surface area contributed by atoms with Crippen LogP contribution in [0.3, 0.4) is 0 Å². The Kier molecular flexibility index (Phi) is 5.95. The summed E-state index contributed by atoms with van der Waals surface area (Å²) in [4.78, 5) is 16.8. The summed E-state index contributed by atoms with van der Waals surface area (Å²) in [7, 11) is 0. The molecule has 0 spiro atoms. The number of morpholine rings is 1. The van der Waals surface area contributed by atoms with Gasteiger partial charge < -0.3 is 15.0 Å². The third-order valence-corrected chi connectivity index (χ3v) is 7.13. The third kappa shape index (κ3) is 4.28. The number of amides is 1. The molecule has 1 amide bonds. The molecule has 0 radical (unpaired) electrons. The molecule has 3 aliphatic heterocycles. The van der Waals surface area contributed by atoms with Crippen LogP contribution in [-0.2, 0) is 14.9 Å². The van der Waals surface area contributed by atoms with Crippen LogP contribution in [0.4, 0.5) is 0 Å². The highest BCUT2D eigenvalue weighted by Gasteiger charge is 2.39. The van der Waals surface area contributed by atoms with Gasteiger partial charge in [-0.3, -0.25) is 9.69 Å². The molecular weight excluding hydrogens is 385 g/mol. The van der Waals surface area contributed by atoms with Gasteiger partial charge in [0.2, 0.25) is 5.91 Å². The van der Waals surface area contributed by atoms with Crippen molar-refractivity contribution in [1.82, 2.24) is 15.1 Å². The second kappa shape index (κ2) is 8.26. The average molecular weight is 412 g/mol. The van der Waals surface area contributed by atoms with E-state index in [1.807, 2.05) is 12.1 Å². The predicted molar refractivity (Wildman–Crippen MR) is 108 cm³/mol. The molecule has 27 heavy (non-hydrogen) atoms. The molecule has 1 unspecified atom stereocenters. The number of nitrogens with zero attached hydrogens (tertiary/aromatic N) is 2. The van der Waals surface area contributed by atoms with Crippen LogP contribution in [0.25, 0.3) is 0 Å². The molecule has 0 saturated carbocycles. The zero-order chi connectivity index (χ0) is 18.9. The predicted octanol–water partition coefficient (Wildman–Crippen LogP) is 2.55. The lowest BCUT2D eigenvalue weighted by Crippen LogP contribution is -2.62. The number of likely N-dealkylation sites (tertiary alicyclic amines) is 1. The summed E-state index contributed by atoms with van der Waals surface area (Å²) in [5.74, 6) is 0.141. The number of nitrogens with one attached hydrogen (secondary N) is 1. The first-order valence-electron chi connectivity index (χ1n) is 9.82. The lowest BCUT2D eigenvalue weighted by atomic mass is 9.72. The summed E-state index contributed by atoms with van der Waals surface area (Å²) in [6.45, 7) is 7.79. The monoisotopic (exact) mass is 411 g/mol. The van der Waals surface area contributed by atoms with E-state index in [2.05, 4.69) is 21.2 Å². The number of benzene rings is 1. The average Bonchev–Trinajstić information content (AvgIpc) is 2.65. The Labute approximate surface area is 170 Å². The van der Waals surface area contributed by atoms with Crippen molar-refractivity contribution in [3.8, 4) is 0 Å². The van der Waals surface area contributed by atoms with Gasteiger partial charge in [-0.05, 0) is 37.1 Å². The van der Waals surface area contributed by atoms with Crippen LogP contribution in [0, 0.1) is 0 Å². The van der Waals surface area contributed by atoms with Crippen molar-refractivity contribution in [3.05, 3.63) is 33.8 Å². The fourth-order valence-corrected chi connectivity index (χ4v) is 4.80. The van der Waals surface area contributed by atoms with E-state index >= 15 is 0 Å². The number of rotatable bonds is 5. The molecule has 1 aromatic carbocycles. The number of carbonyl (C=O) groups excluding carboxylic acids is 1. The van der Waals surface area contributed by atoms with Crippen LogP contribution in [0.1, 0.15) is 24.8 Å². The van der Waals surface area contributed by atoms with E-state index < -0.39 is 0 Å². The maximum absolute atomic E-state index is 11.7. The zero-order valence-electron chi connectivity index (χ0n) is 15.6. The number of halogens is 2. The molecule has 3 heterocycles. The molecule has 1 N–H and O–H groups in total. The first-order chi connectivity index (χ1) is 13.1. The van der Waals surface area contributed by atoms with Gasteiger partial charge in [0.15, 0.2) is 0 Å². The van der Waals surface area contributed by atoms with Gasteiger partial charge in [0.25, 0.3) is 0 Å². The van der Waals surface area contributed by atoms with E-state index in [-0.39, 0.29) is 11.3 Å². The van der Waals surface area contributed by atoms with Crippen molar-refractivity contribution < 1.29 is 9.53 Å². The van der Waals surface area contributed by atoms with Crippen LogP contribution < -0.4 is 5.32 Å². The molecule has 1 atom stereocenters. The standard InChI is InChI=1S/C20H27Cl2N3O2/c21-17-2-1-15(11-18(17)22)20(4-3-19(26)23-14-20)5-6-24-12-16(13-24)25-7-9-27-10-8-25/h1-2,11,16H,3-10,12-14H2,(H,23,26). The van der Waals surface area contributed by atoms with Crippen molar-refractivity contribution in [1.29, 1.82) is 0 Å². The molecule has 7 heteroatoms. The Bertz CT molecular complexity index is 678. The minimum absolute atomic E-state index is 0.0633. The molecule has 0 aromatic heterocycles. The molecule has 148 valence electrons. The summed E-state index contributed by atoms with van der Waals surface area (Å²) in [6, 6.07) is 6.59. The third-order valence-electron chi connectivity index (χ3n) is 6.39. The Morgan fingerprint density at radius 3 is 2.63 bits per heavy atom. The summed E-state index contributed by atoms with van der Waals surface area (Å²) < 4.78 is 5.45. The molecule has 4 rings (SSSR count). The molecule has 3 aliphatic rings. The highest BCUT2D eigenvalue weighted by molar-refractivity contribution is 6.42. The van der Waals surface area contributed by atoms with E-state index in [9.17, 15) is 4.79 Å². The quantitative estimate of drug-likeness (QED) is 0.808. The van der Waals surface area contributed by atoms with Crippen LogP contribution >= 0.6 is 23.2 Å². The second-order valence-electron chi connectivity index (χ2n) is 8.00.